The van der Waals surface area contributed by atoms with Crippen molar-refractivity contribution in [1.29, 1.82) is 0 Å². The molecule has 1 aliphatic rings. The van der Waals surface area contributed by atoms with Gasteiger partial charge in [0.15, 0.2) is 0 Å². The molecule has 1 aliphatic heterocycles. The number of rotatable bonds is 2. The SMILES string of the molecule is O=C([O-])CN1C(F)(F)C(F)(F)C(F)(F)C1(F)F.[K+]. The molecule has 1 rings (SSSR count). The van der Waals surface area contributed by atoms with E-state index in [1.807, 2.05) is 0 Å². The normalized spacial score (nSPS) is 27.6. The van der Waals surface area contributed by atoms with Crippen LogP contribution in [-0.4, -0.2) is 41.4 Å². The molecular formula is C6H2F8KNO2. The molecule has 0 aromatic rings. The van der Waals surface area contributed by atoms with Gasteiger partial charge in [-0.15, -0.1) is 0 Å². The van der Waals surface area contributed by atoms with Crippen molar-refractivity contribution in [2.24, 2.45) is 0 Å². The number of carboxylic acids is 1. The van der Waals surface area contributed by atoms with E-state index in [2.05, 4.69) is 0 Å². The minimum absolute atomic E-state index is 0. The molecule has 0 atom stereocenters. The van der Waals surface area contributed by atoms with Gasteiger partial charge in [-0.1, -0.05) is 0 Å². The number of carbonyl (C=O) groups is 1. The fourth-order valence-corrected chi connectivity index (χ4v) is 1.22. The zero-order chi connectivity index (χ0) is 13.9. The topological polar surface area (TPSA) is 43.4 Å². The van der Waals surface area contributed by atoms with E-state index >= 15 is 0 Å². The van der Waals surface area contributed by atoms with Crippen LogP contribution in [-0.2, 0) is 4.79 Å². The second-order valence-electron chi connectivity index (χ2n) is 3.19. The first-order chi connectivity index (χ1) is 7.30. The van der Waals surface area contributed by atoms with Gasteiger partial charge >= 0.3 is 75.3 Å². The summed E-state index contributed by atoms with van der Waals surface area (Å²) in [5.41, 5.74) is 0. The quantitative estimate of drug-likeness (QED) is 0.322. The van der Waals surface area contributed by atoms with Crippen molar-refractivity contribution in [3.63, 3.8) is 0 Å². The molecule has 0 bridgehead atoms. The van der Waals surface area contributed by atoms with Gasteiger partial charge in [-0.25, -0.2) is 0 Å². The Morgan fingerprint density at radius 1 is 0.889 bits per heavy atom. The molecule has 3 nitrogen and oxygen atoms in total. The summed E-state index contributed by atoms with van der Waals surface area (Å²) in [6.45, 7) is -2.47. The number of alkyl halides is 8. The van der Waals surface area contributed by atoms with Gasteiger partial charge in [0.05, 0.1) is 5.97 Å². The number of likely N-dealkylation sites (tertiary alicyclic amines) is 1. The number of carboxylic acid groups (broad SMARTS) is 1. The van der Waals surface area contributed by atoms with Crippen LogP contribution in [0, 0.1) is 0 Å². The summed E-state index contributed by atoms with van der Waals surface area (Å²) in [6.07, 6.45) is 0. The van der Waals surface area contributed by atoms with Gasteiger partial charge < -0.3 is 9.90 Å². The summed E-state index contributed by atoms with van der Waals surface area (Å²) in [6, 6.07) is -12.0. The minimum Gasteiger partial charge on any atom is -0.549 e. The molecule has 0 aromatic carbocycles. The van der Waals surface area contributed by atoms with E-state index in [9.17, 15) is 45.0 Å². The van der Waals surface area contributed by atoms with Gasteiger partial charge in [0.25, 0.3) is 0 Å². The van der Waals surface area contributed by atoms with E-state index in [0.29, 0.717) is 0 Å². The summed E-state index contributed by atoms with van der Waals surface area (Å²) in [4.78, 5) is 7.76. The number of carbonyl (C=O) groups excluding carboxylic acids is 1. The molecule has 18 heavy (non-hydrogen) atoms. The van der Waals surface area contributed by atoms with Crippen LogP contribution < -0.4 is 56.5 Å². The van der Waals surface area contributed by atoms with E-state index in [0.717, 1.165) is 0 Å². The molecule has 1 heterocycles. The maximum Gasteiger partial charge on any atom is 1.00 e. The monoisotopic (exact) mass is 311 g/mol. The molecule has 0 radical (unpaired) electrons. The third kappa shape index (κ3) is 2.10. The molecule has 1 fully saturated rings. The van der Waals surface area contributed by atoms with Crippen LogP contribution in [0.2, 0.25) is 0 Å². The largest absolute Gasteiger partial charge is 1.00 e. The van der Waals surface area contributed by atoms with Gasteiger partial charge in [0.2, 0.25) is 0 Å². The third-order valence-electron chi connectivity index (χ3n) is 2.12. The Morgan fingerprint density at radius 3 is 1.39 bits per heavy atom. The van der Waals surface area contributed by atoms with Gasteiger partial charge in [-0.3, -0.25) is 0 Å². The molecule has 1 saturated heterocycles. The predicted octanol–water partition coefficient (Wildman–Crippen LogP) is -2.49. The van der Waals surface area contributed by atoms with Crippen LogP contribution in [0.3, 0.4) is 0 Å². The Balaban J connectivity index is 0.00000289. The van der Waals surface area contributed by atoms with Crippen molar-refractivity contribution in [2.45, 2.75) is 23.9 Å². The molecule has 12 heteroatoms. The standard InChI is InChI=1S/C6H3F8NO2.K/c7-3(8)4(9,10)6(13,14)15(1-2(16)17)5(3,11)12;/h1H2,(H,16,17);/q;+1/p-1. The van der Waals surface area contributed by atoms with E-state index in [-0.39, 0.29) is 51.4 Å². The Kier molecular flexibility index (Phi) is 4.94. The van der Waals surface area contributed by atoms with Gasteiger partial charge in [0.1, 0.15) is 0 Å². The minimum atomic E-state index is -6.40. The number of halogens is 8. The van der Waals surface area contributed by atoms with E-state index in [4.69, 9.17) is 0 Å². The number of hydrogen-bond donors (Lipinski definition) is 0. The smallest absolute Gasteiger partial charge is 0.549 e. The molecule has 0 unspecified atom stereocenters. The van der Waals surface area contributed by atoms with Gasteiger partial charge in [0, 0.05) is 6.54 Å². The Morgan fingerprint density at radius 2 is 1.17 bits per heavy atom. The molecule has 0 saturated carbocycles. The van der Waals surface area contributed by atoms with Crippen molar-refractivity contribution >= 4 is 5.97 Å². The summed E-state index contributed by atoms with van der Waals surface area (Å²) in [5, 5.41) is 9.84. The first-order valence-electron chi connectivity index (χ1n) is 3.79. The molecule has 0 N–H and O–H groups in total. The number of nitrogens with zero attached hydrogens (tertiary/aromatic N) is 1. The molecule has 0 aliphatic carbocycles. The van der Waals surface area contributed by atoms with E-state index < -0.39 is 41.4 Å². The average molecular weight is 311 g/mol. The summed E-state index contributed by atoms with van der Waals surface area (Å²) in [7, 11) is 0. The first kappa shape index (κ1) is 18.5. The number of aliphatic carboxylic acids is 1. The van der Waals surface area contributed by atoms with E-state index in [1.54, 1.807) is 0 Å². The second kappa shape index (κ2) is 4.81. The Labute approximate surface area is 137 Å². The van der Waals surface area contributed by atoms with Crippen molar-refractivity contribution in [2.75, 3.05) is 6.54 Å². The summed E-state index contributed by atoms with van der Waals surface area (Å²) >= 11 is 0. The van der Waals surface area contributed by atoms with Crippen molar-refractivity contribution in [1.82, 2.24) is 4.90 Å². The Hall–Kier alpha value is 0.506. The molecule has 0 amide bonds. The first-order valence-corrected chi connectivity index (χ1v) is 3.79. The van der Waals surface area contributed by atoms with Crippen molar-refractivity contribution in [3.05, 3.63) is 0 Å². The summed E-state index contributed by atoms with van der Waals surface area (Å²) in [5.74, 6) is -15.4. The maximum atomic E-state index is 12.7. The van der Waals surface area contributed by atoms with Gasteiger partial charge in [-0.05, 0) is 0 Å². The predicted molar refractivity (Wildman–Crippen MR) is 31.5 cm³/mol. The van der Waals surface area contributed by atoms with Crippen LogP contribution in [0.15, 0.2) is 0 Å². The zero-order valence-corrected chi connectivity index (χ0v) is 11.6. The van der Waals surface area contributed by atoms with Crippen molar-refractivity contribution in [3.8, 4) is 0 Å². The molecule has 100 valence electrons. The van der Waals surface area contributed by atoms with Crippen LogP contribution in [0.4, 0.5) is 35.1 Å². The fraction of sp³-hybridized carbons (Fsp3) is 0.833. The van der Waals surface area contributed by atoms with Crippen LogP contribution in [0.5, 0.6) is 0 Å². The average Bonchev–Trinajstić information content (AvgIpc) is 2.16. The van der Waals surface area contributed by atoms with Crippen LogP contribution >= 0.6 is 0 Å². The van der Waals surface area contributed by atoms with Crippen molar-refractivity contribution < 1.29 is 96.4 Å². The zero-order valence-electron chi connectivity index (χ0n) is 8.49. The Bertz CT molecular complexity index is 333. The van der Waals surface area contributed by atoms with E-state index in [1.165, 1.54) is 0 Å². The second-order valence-corrected chi connectivity index (χ2v) is 3.19. The summed E-state index contributed by atoms with van der Waals surface area (Å²) < 4.78 is 100. The van der Waals surface area contributed by atoms with Crippen LogP contribution in [0.1, 0.15) is 0 Å². The van der Waals surface area contributed by atoms with Gasteiger partial charge in [-0.2, -0.15) is 40.0 Å². The fourth-order valence-electron chi connectivity index (χ4n) is 1.22. The molecular weight excluding hydrogens is 309 g/mol. The molecule has 0 spiro atoms. The number of hydrogen-bond acceptors (Lipinski definition) is 3. The van der Waals surface area contributed by atoms with Crippen LogP contribution in [0.25, 0.3) is 0 Å². The maximum absolute atomic E-state index is 12.7. The third-order valence-corrected chi connectivity index (χ3v) is 2.12. The molecule has 0 aromatic heterocycles.